The number of carboxylic acids is 1. The lowest BCUT2D eigenvalue weighted by Crippen LogP contribution is -2.26. The van der Waals surface area contributed by atoms with E-state index in [1.54, 1.807) is 19.2 Å². The largest absolute Gasteiger partial charge is 0.496 e. The maximum absolute atomic E-state index is 10.7. The number of carboxylic acid groups (broad SMARTS) is 1. The van der Waals surface area contributed by atoms with Gasteiger partial charge in [0.1, 0.15) is 5.75 Å². The highest BCUT2D eigenvalue weighted by molar-refractivity contribution is 5.68. The molecule has 0 aliphatic heterocycles. The van der Waals surface area contributed by atoms with Crippen LogP contribution in [-0.4, -0.2) is 23.3 Å². The smallest absolute Gasteiger partial charge is 0.306 e. The third-order valence-electron chi connectivity index (χ3n) is 2.82. The van der Waals surface area contributed by atoms with Crippen LogP contribution in [0, 0.1) is 13.8 Å². The average molecular weight is 238 g/mol. The van der Waals surface area contributed by atoms with Crippen molar-refractivity contribution in [2.24, 2.45) is 0 Å². The Hall–Kier alpha value is -1.55. The van der Waals surface area contributed by atoms with Gasteiger partial charge >= 0.3 is 5.97 Å². The molecule has 0 fully saturated rings. The van der Waals surface area contributed by atoms with Crippen molar-refractivity contribution >= 4 is 5.97 Å². The van der Waals surface area contributed by atoms with E-state index >= 15 is 0 Å². The molecule has 0 amide bonds. The molecule has 0 radical (unpaired) electrons. The number of aliphatic hydroxyl groups is 1. The van der Waals surface area contributed by atoms with Gasteiger partial charge in [-0.15, -0.1) is 0 Å². The summed E-state index contributed by atoms with van der Waals surface area (Å²) in [4.78, 5) is 10.7. The number of hydrogen-bond acceptors (Lipinski definition) is 3. The second-order valence-electron chi connectivity index (χ2n) is 4.48. The predicted octanol–water partition coefficient (Wildman–Crippen LogP) is 1.99. The summed E-state index contributed by atoms with van der Waals surface area (Å²) in [7, 11) is 1.58. The van der Waals surface area contributed by atoms with Crippen molar-refractivity contribution < 1.29 is 19.7 Å². The Morgan fingerprint density at radius 2 is 1.94 bits per heavy atom. The van der Waals surface area contributed by atoms with Gasteiger partial charge < -0.3 is 14.9 Å². The minimum Gasteiger partial charge on any atom is -0.496 e. The van der Waals surface area contributed by atoms with E-state index in [4.69, 9.17) is 9.84 Å². The van der Waals surface area contributed by atoms with Crippen molar-refractivity contribution in [3.05, 3.63) is 28.8 Å². The van der Waals surface area contributed by atoms with E-state index in [2.05, 4.69) is 0 Å². The fraction of sp³-hybridized carbons (Fsp3) is 0.462. The number of ether oxygens (including phenoxy) is 1. The topological polar surface area (TPSA) is 66.8 Å². The monoisotopic (exact) mass is 238 g/mol. The van der Waals surface area contributed by atoms with Crippen LogP contribution in [0.1, 0.15) is 30.0 Å². The molecule has 17 heavy (non-hydrogen) atoms. The number of aryl methyl sites for hydroxylation is 2. The first-order valence-corrected chi connectivity index (χ1v) is 5.38. The van der Waals surface area contributed by atoms with Crippen LogP contribution in [0.2, 0.25) is 0 Å². The lowest BCUT2D eigenvalue weighted by atomic mass is 9.88. The average Bonchev–Trinajstić information content (AvgIpc) is 2.18. The van der Waals surface area contributed by atoms with Crippen LogP contribution in [0.4, 0.5) is 0 Å². The van der Waals surface area contributed by atoms with E-state index < -0.39 is 11.6 Å². The molecule has 1 aromatic rings. The molecule has 0 saturated heterocycles. The lowest BCUT2D eigenvalue weighted by Gasteiger charge is -2.25. The molecule has 0 aromatic heterocycles. The standard InChI is InChI=1S/C13H18O4/c1-8-6-11(17-4)9(2)5-10(8)13(3,16)7-12(14)15/h5-6,16H,7H2,1-4H3,(H,14,15). The quantitative estimate of drug-likeness (QED) is 0.841. The number of aliphatic carboxylic acids is 1. The van der Waals surface area contributed by atoms with Gasteiger partial charge in [0.2, 0.25) is 0 Å². The van der Waals surface area contributed by atoms with Crippen LogP contribution in [-0.2, 0) is 10.4 Å². The van der Waals surface area contributed by atoms with E-state index in [1.165, 1.54) is 6.92 Å². The van der Waals surface area contributed by atoms with Gasteiger partial charge in [-0.25, -0.2) is 0 Å². The van der Waals surface area contributed by atoms with Gasteiger partial charge in [-0.3, -0.25) is 4.79 Å². The van der Waals surface area contributed by atoms with Crippen molar-refractivity contribution in [2.45, 2.75) is 32.8 Å². The summed E-state index contributed by atoms with van der Waals surface area (Å²) in [5.41, 5.74) is 0.947. The van der Waals surface area contributed by atoms with Crippen LogP contribution in [0.15, 0.2) is 12.1 Å². The number of methoxy groups -OCH3 is 1. The van der Waals surface area contributed by atoms with Crippen LogP contribution in [0.25, 0.3) is 0 Å². The zero-order chi connectivity index (χ0) is 13.2. The van der Waals surface area contributed by atoms with Gasteiger partial charge in [0.25, 0.3) is 0 Å². The summed E-state index contributed by atoms with van der Waals surface area (Å²) >= 11 is 0. The molecule has 0 heterocycles. The van der Waals surface area contributed by atoms with E-state index in [0.717, 1.165) is 16.9 Å². The van der Waals surface area contributed by atoms with Crippen molar-refractivity contribution in [3.63, 3.8) is 0 Å². The van der Waals surface area contributed by atoms with E-state index in [0.29, 0.717) is 5.56 Å². The first-order chi connectivity index (χ1) is 7.77. The Kier molecular flexibility index (Phi) is 3.78. The first-order valence-electron chi connectivity index (χ1n) is 5.38. The van der Waals surface area contributed by atoms with Crippen LogP contribution in [0.3, 0.4) is 0 Å². The van der Waals surface area contributed by atoms with Gasteiger partial charge in [0.05, 0.1) is 19.1 Å². The Balaban J connectivity index is 3.22. The molecule has 4 nitrogen and oxygen atoms in total. The number of carbonyl (C=O) groups is 1. The maximum Gasteiger partial charge on any atom is 0.306 e. The molecule has 0 saturated carbocycles. The summed E-state index contributed by atoms with van der Waals surface area (Å²) in [6.07, 6.45) is -0.320. The van der Waals surface area contributed by atoms with Gasteiger partial charge in [-0.1, -0.05) is 0 Å². The zero-order valence-electron chi connectivity index (χ0n) is 10.6. The minimum atomic E-state index is -1.37. The summed E-state index contributed by atoms with van der Waals surface area (Å²) < 4.78 is 5.18. The van der Waals surface area contributed by atoms with Gasteiger partial charge in [-0.05, 0) is 49.6 Å². The molecule has 0 aliphatic rings. The van der Waals surface area contributed by atoms with Crippen molar-refractivity contribution in [1.29, 1.82) is 0 Å². The molecule has 1 aromatic carbocycles. The van der Waals surface area contributed by atoms with Crippen LogP contribution < -0.4 is 4.74 Å². The van der Waals surface area contributed by atoms with Gasteiger partial charge in [0.15, 0.2) is 0 Å². The Morgan fingerprint density at radius 3 is 2.41 bits per heavy atom. The maximum atomic E-state index is 10.7. The molecular weight excluding hydrogens is 220 g/mol. The second kappa shape index (κ2) is 4.75. The second-order valence-corrected chi connectivity index (χ2v) is 4.48. The Morgan fingerprint density at radius 1 is 1.35 bits per heavy atom. The molecule has 2 N–H and O–H groups in total. The van der Waals surface area contributed by atoms with Crippen LogP contribution in [0.5, 0.6) is 5.75 Å². The van der Waals surface area contributed by atoms with Gasteiger partial charge in [0, 0.05) is 0 Å². The summed E-state index contributed by atoms with van der Waals surface area (Å²) in [6.45, 7) is 5.20. The normalized spacial score (nSPS) is 14.2. The lowest BCUT2D eigenvalue weighted by molar-refractivity contribution is -0.142. The molecule has 94 valence electrons. The fourth-order valence-electron chi connectivity index (χ4n) is 1.98. The molecule has 1 unspecified atom stereocenters. The third-order valence-corrected chi connectivity index (χ3v) is 2.82. The molecule has 1 rings (SSSR count). The fourth-order valence-corrected chi connectivity index (χ4v) is 1.98. The van der Waals surface area contributed by atoms with Crippen LogP contribution >= 0.6 is 0 Å². The molecule has 0 bridgehead atoms. The molecule has 0 aliphatic carbocycles. The number of hydrogen-bond donors (Lipinski definition) is 2. The highest BCUT2D eigenvalue weighted by Gasteiger charge is 2.28. The van der Waals surface area contributed by atoms with E-state index in [-0.39, 0.29) is 6.42 Å². The molecule has 0 spiro atoms. The first kappa shape index (κ1) is 13.5. The predicted molar refractivity (Wildman–Crippen MR) is 64.3 cm³/mol. The number of benzene rings is 1. The van der Waals surface area contributed by atoms with Crippen molar-refractivity contribution in [1.82, 2.24) is 0 Å². The zero-order valence-corrected chi connectivity index (χ0v) is 10.6. The minimum absolute atomic E-state index is 0.320. The molecule has 4 heteroatoms. The van der Waals surface area contributed by atoms with E-state index in [9.17, 15) is 9.90 Å². The van der Waals surface area contributed by atoms with Crippen molar-refractivity contribution in [3.8, 4) is 5.75 Å². The summed E-state index contributed by atoms with van der Waals surface area (Å²) in [6, 6.07) is 3.58. The summed E-state index contributed by atoms with van der Waals surface area (Å²) in [5, 5.41) is 19.0. The van der Waals surface area contributed by atoms with Crippen molar-refractivity contribution in [2.75, 3.05) is 7.11 Å². The molecule has 1 atom stereocenters. The van der Waals surface area contributed by atoms with E-state index in [1.807, 2.05) is 13.8 Å². The molecular formula is C13H18O4. The highest BCUT2D eigenvalue weighted by Crippen LogP contribution is 2.32. The third kappa shape index (κ3) is 2.97. The SMILES string of the molecule is COc1cc(C)c(C(C)(O)CC(=O)O)cc1C. The Bertz CT molecular complexity index is 435. The Labute approximate surface area is 101 Å². The number of rotatable bonds is 4. The van der Waals surface area contributed by atoms with Gasteiger partial charge in [-0.2, -0.15) is 0 Å². The highest BCUT2D eigenvalue weighted by atomic mass is 16.5. The summed E-state index contributed by atoms with van der Waals surface area (Å²) in [5.74, 6) is -0.291.